The minimum absolute atomic E-state index is 0.0247. The second-order valence-corrected chi connectivity index (χ2v) is 8.34. The number of ketones is 2. The van der Waals surface area contributed by atoms with Crippen molar-refractivity contribution in [1.29, 1.82) is 0 Å². The zero-order valence-electron chi connectivity index (χ0n) is 18.9. The Hall–Kier alpha value is -3.00. The quantitative estimate of drug-likeness (QED) is 0.643. The third kappa shape index (κ3) is 4.39. The molecule has 1 aliphatic rings. The third-order valence-corrected chi connectivity index (χ3v) is 5.32. The number of hydrogen-bond acceptors (Lipinski definition) is 8. The highest BCUT2D eigenvalue weighted by atomic mass is 16.5. The molecule has 1 aromatic carbocycles. The van der Waals surface area contributed by atoms with Gasteiger partial charge >= 0.3 is 6.01 Å². The smallest absolute Gasteiger partial charge is 0.328 e. The maximum Gasteiger partial charge on any atom is 0.328 e. The second-order valence-electron chi connectivity index (χ2n) is 8.34. The topological polar surface area (TPSA) is 96.8 Å². The Kier molecular flexibility index (Phi) is 6.04. The number of nitrogens with zero attached hydrogens (tertiary/aromatic N) is 2. The van der Waals surface area contributed by atoms with Crippen molar-refractivity contribution in [3.05, 3.63) is 35.4 Å². The first-order valence-electron chi connectivity index (χ1n) is 10.1. The summed E-state index contributed by atoms with van der Waals surface area (Å²) < 4.78 is 21.9. The van der Waals surface area contributed by atoms with Gasteiger partial charge in [0.25, 0.3) is 0 Å². The normalized spacial score (nSPS) is 18.0. The second kappa shape index (κ2) is 8.26. The van der Waals surface area contributed by atoms with Gasteiger partial charge in [-0.15, -0.1) is 0 Å². The maximum atomic E-state index is 13.2. The molecule has 1 aromatic heterocycles. The molecule has 0 unspecified atom stereocenters. The molecule has 0 aliphatic carbocycles. The van der Waals surface area contributed by atoms with Crippen molar-refractivity contribution in [1.82, 2.24) is 9.97 Å². The van der Waals surface area contributed by atoms with Gasteiger partial charge < -0.3 is 18.9 Å². The van der Waals surface area contributed by atoms with E-state index in [-0.39, 0.29) is 29.3 Å². The monoisotopic (exact) mass is 428 g/mol. The third-order valence-electron chi connectivity index (χ3n) is 5.32. The molecule has 1 aliphatic heterocycles. The van der Waals surface area contributed by atoms with E-state index < -0.39 is 17.1 Å². The zero-order valence-corrected chi connectivity index (χ0v) is 18.9. The summed E-state index contributed by atoms with van der Waals surface area (Å²) in [5.74, 6) is -0.537. The van der Waals surface area contributed by atoms with Crippen LogP contribution in [-0.2, 0) is 20.7 Å². The number of rotatable bonds is 6. The van der Waals surface area contributed by atoms with E-state index in [2.05, 4.69) is 9.97 Å². The number of aryl methyl sites for hydroxylation is 1. The Morgan fingerprint density at radius 1 is 0.935 bits per heavy atom. The Morgan fingerprint density at radius 2 is 1.48 bits per heavy atom. The molecular formula is C23H28N2O6. The lowest BCUT2D eigenvalue weighted by molar-refractivity contribution is -0.184. The highest BCUT2D eigenvalue weighted by molar-refractivity contribution is 6.15. The first-order valence-corrected chi connectivity index (χ1v) is 10.1. The molecule has 1 fully saturated rings. The molecule has 166 valence electrons. The number of methoxy groups -OCH3 is 2. The number of Topliss-reactive ketones (excluding diaryl/α,β-unsaturated/α-hetero) is 2. The van der Waals surface area contributed by atoms with Crippen LogP contribution < -0.4 is 14.2 Å². The van der Waals surface area contributed by atoms with Crippen molar-refractivity contribution in [3.8, 4) is 23.5 Å². The predicted octanol–water partition coefficient (Wildman–Crippen LogP) is 3.66. The Balaban J connectivity index is 2.05. The van der Waals surface area contributed by atoms with Gasteiger partial charge in [0.15, 0.2) is 11.6 Å². The van der Waals surface area contributed by atoms with Gasteiger partial charge in [-0.05, 0) is 57.4 Å². The predicted molar refractivity (Wildman–Crippen MR) is 113 cm³/mol. The molecule has 3 rings (SSSR count). The van der Waals surface area contributed by atoms with Crippen LogP contribution in [0.5, 0.6) is 23.5 Å². The van der Waals surface area contributed by atoms with E-state index in [0.717, 1.165) is 5.56 Å². The standard InChI is InChI=1S/C23H28N2O6/c1-8-13-9-10-14(30-21-24-16(28-6)12-17(25-21)29-7)11-15(13)18-19(26)22(2,3)31-23(4,5)20(18)27/h9-12,18H,8H2,1-7H3. The fourth-order valence-electron chi connectivity index (χ4n) is 3.81. The molecule has 1 saturated heterocycles. The van der Waals surface area contributed by atoms with Crippen molar-refractivity contribution < 1.29 is 28.5 Å². The fraction of sp³-hybridized carbons (Fsp3) is 0.478. The number of ether oxygens (including phenoxy) is 4. The summed E-state index contributed by atoms with van der Waals surface area (Å²) in [6, 6.07) is 6.85. The molecule has 0 spiro atoms. The summed E-state index contributed by atoms with van der Waals surface area (Å²) in [4.78, 5) is 34.7. The summed E-state index contributed by atoms with van der Waals surface area (Å²) in [5, 5.41) is 0. The molecule has 0 N–H and O–H groups in total. The molecule has 0 atom stereocenters. The van der Waals surface area contributed by atoms with Crippen molar-refractivity contribution in [3.63, 3.8) is 0 Å². The lowest BCUT2D eigenvalue weighted by Gasteiger charge is -2.43. The minimum Gasteiger partial charge on any atom is -0.481 e. The SMILES string of the molecule is CCc1ccc(Oc2nc(OC)cc(OC)n2)cc1C1C(=O)C(C)(C)OC(C)(C)C1=O. The van der Waals surface area contributed by atoms with Gasteiger partial charge in [0, 0.05) is 0 Å². The Morgan fingerprint density at radius 3 is 1.97 bits per heavy atom. The minimum atomic E-state index is -1.09. The van der Waals surface area contributed by atoms with Gasteiger partial charge in [0.2, 0.25) is 11.8 Å². The van der Waals surface area contributed by atoms with Crippen LogP contribution in [0.15, 0.2) is 24.3 Å². The van der Waals surface area contributed by atoms with E-state index in [1.54, 1.807) is 39.8 Å². The molecule has 2 heterocycles. The molecule has 0 amide bonds. The van der Waals surface area contributed by atoms with Crippen LogP contribution in [-0.4, -0.2) is 47.0 Å². The van der Waals surface area contributed by atoms with E-state index in [1.807, 2.05) is 13.0 Å². The summed E-state index contributed by atoms with van der Waals surface area (Å²) in [5.41, 5.74) is -0.688. The van der Waals surface area contributed by atoms with Gasteiger partial charge in [0.05, 0.1) is 20.3 Å². The number of hydrogen-bond donors (Lipinski definition) is 0. The first kappa shape index (κ1) is 22.7. The van der Waals surface area contributed by atoms with Gasteiger partial charge in [-0.3, -0.25) is 9.59 Å². The van der Waals surface area contributed by atoms with E-state index in [1.165, 1.54) is 20.3 Å². The maximum absolute atomic E-state index is 13.2. The molecule has 31 heavy (non-hydrogen) atoms. The molecule has 8 heteroatoms. The molecule has 0 saturated carbocycles. The highest BCUT2D eigenvalue weighted by Gasteiger charge is 2.53. The lowest BCUT2D eigenvalue weighted by atomic mass is 9.73. The van der Waals surface area contributed by atoms with Gasteiger partial charge in [-0.1, -0.05) is 13.0 Å². The van der Waals surface area contributed by atoms with Crippen LogP contribution >= 0.6 is 0 Å². The molecule has 2 aromatic rings. The van der Waals surface area contributed by atoms with Gasteiger partial charge in [0.1, 0.15) is 22.9 Å². The van der Waals surface area contributed by atoms with Crippen LogP contribution in [0.4, 0.5) is 0 Å². The van der Waals surface area contributed by atoms with Crippen LogP contribution in [0, 0.1) is 0 Å². The summed E-state index contributed by atoms with van der Waals surface area (Å²) in [7, 11) is 2.96. The Bertz CT molecular complexity index is 967. The van der Waals surface area contributed by atoms with Crippen molar-refractivity contribution in [2.45, 2.75) is 58.2 Å². The number of aromatic nitrogens is 2. The van der Waals surface area contributed by atoms with E-state index in [9.17, 15) is 9.59 Å². The van der Waals surface area contributed by atoms with Crippen LogP contribution in [0.25, 0.3) is 0 Å². The number of carbonyl (C=O) groups is 2. The lowest BCUT2D eigenvalue weighted by Crippen LogP contribution is -2.58. The summed E-state index contributed by atoms with van der Waals surface area (Å²) in [6.45, 7) is 8.75. The Labute approximate surface area is 181 Å². The molecular weight excluding hydrogens is 400 g/mol. The van der Waals surface area contributed by atoms with Crippen molar-refractivity contribution in [2.75, 3.05) is 14.2 Å². The zero-order chi connectivity index (χ0) is 23.0. The van der Waals surface area contributed by atoms with Crippen molar-refractivity contribution >= 4 is 11.6 Å². The van der Waals surface area contributed by atoms with Gasteiger partial charge in [-0.2, -0.15) is 9.97 Å². The van der Waals surface area contributed by atoms with Crippen LogP contribution in [0.3, 0.4) is 0 Å². The fourth-order valence-corrected chi connectivity index (χ4v) is 3.81. The number of carbonyl (C=O) groups excluding carboxylic acids is 2. The molecule has 0 bridgehead atoms. The summed E-state index contributed by atoms with van der Waals surface area (Å²) in [6.07, 6.45) is 0.651. The van der Waals surface area contributed by atoms with E-state index in [4.69, 9.17) is 18.9 Å². The van der Waals surface area contributed by atoms with E-state index in [0.29, 0.717) is 17.7 Å². The summed E-state index contributed by atoms with van der Waals surface area (Å²) >= 11 is 0. The first-order chi connectivity index (χ1) is 14.5. The average molecular weight is 428 g/mol. The van der Waals surface area contributed by atoms with Gasteiger partial charge in [-0.25, -0.2) is 0 Å². The number of benzene rings is 1. The molecule has 8 nitrogen and oxygen atoms in total. The largest absolute Gasteiger partial charge is 0.481 e. The average Bonchev–Trinajstić information content (AvgIpc) is 2.72. The van der Waals surface area contributed by atoms with Crippen LogP contribution in [0.2, 0.25) is 0 Å². The highest BCUT2D eigenvalue weighted by Crippen LogP contribution is 2.40. The van der Waals surface area contributed by atoms with Crippen LogP contribution in [0.1, 0.15) is 51.7 Å². The van der Waals surface area contributed by atoms with Crippen molar-refractivity contribution in [2.24, 2.45) is 0 Å². The molecule has 0 radical (unpaired) electrons. The van der Waals surface area contributed by atoms with E-state index >= 15 is 0 Å².